The van der Waals surface area contributed by atoms with Crippen molar-refractivity contribution < 1.29 is 19.5 Å². The summed E-state index contributed by atoms with van der Waals surface area (Å²) >= 11 is 7.46. The summed E-state index contributed by atoms with van der Waals surface area (Å²) in [5, 5.41) is 13.8. The van der Waals surface area contributed by atoms with Crippen LogP contribution in [0.2, 0.25) is 5.02 Å². The van der Waals surface area contributed by atoms with E-state index in [-0.39, 0.29) is 12.4 Å². The Balaban J connectivity index is 2.03. The number of nitrogens with zero attached hydrogens (tertiary/aromatic N) is 1. The van der Waals surface area contributed by atoms with E-state index < -0.39 is 0 Å². The third-order valence-electron chi connectivity index (χ3n) is 4.25. The first-order chi connectivity index (χ1) is 14.0. The normalized spacial score (nSPS) is 11.3. The lowest BCUT2D eigenvalue weighted by molar-refractivity contribution is -0.142. The Bertz CT molecular complexity index is 1010. The number of hydrogen-bond acceptors (Lipinski definition) is 6. The Kier molecular flexibility index (Phi) is 6.90. The van der Waals surface area contributed by atoms with Crippen LogP contribution < -0.4 is 4.74 Å². The molecule has 7 heteroatoms. The van der Waals surface area contributed by atoms with E-state index in [4.69, 9.17) is 21.1 Å². The van der Waals surface area contributed by atoms with Crippen LogP contribution in [-0.4, -0.2) is 30.6 Å². The summed E-state index contributed by atoms with van der Waals surface area (Å²) in [6.45, 7) is 2.10. The highest BCUT2D eigenvalue weighted by molar-refractivity contribution is 7.17. The third-order valence-corrected chi connectivity index (χ3v) is 5.74. The van der Waals surface area contributed by atoms with Crippen LogP contribution in [0.3, 0.4) is 0 Å². The second-order valence-corrected chi connectivity index (χ2v) is 7.62. The Morgan fingerprint density at radius 1 is 1.14 bits per heavy atom. The summed E-state index contributed by atoms with van der Waals surface area (Å²) in [5.41, 5.74) is 2.89. The predicted molar refractivity (Wildman–Crippen MR) is 116 cm³/mol. The highest BCUT2D eigenvalue weighted by Crippen LogP contribution is 2.35. The van der Waals surface area contributed by atoms with E-state index in [9.17, 15) is 10.0 Å². The molecule has 0 saturated carbocycles. The zero-order valence-electron chi connectivity index (χ0n) is 16.0. The van der Waals surface area contributed by atoms with E-state index in [2.05, 4.69) is 5.16 Å². The predicted octanol–water partition coefficient (Wildman–Crippen LogP) is 5.41. The van der Waals surface area contributed by atoms with Crippen LogP contribution in [0.5, 0.6) is 5.75 Å². The first kappa shape index (κ1) is 20.9. The van der Waals surface area contributed by atoms with E-state index >= 15 is 0 Å². The lowest BCUT2D eigenvalue weighted by Gasteiger charge is -2.04. The van der Waals surface area contributed by atoms with Gasteiger partial charge in [0.25, 0.3) is 0 Å². The lowest BCUT2D eigenvalue weighted by atomic mass is 10.0. The van der Waals surface area contributed by atoms with Crippen molar-refractivity contribution >= 4 is 34.6 Å². The monoisotopic (exact) mass is 429 g/mol. The van der Waals surface area contributed by atoms with Crippen molar-refractivity contribution in [2.45, 2.75) is 13.3 Å². The van der Waals surface area contributed by atoms with Gasteiger partial charge < -0.3 is 14.7 Å². The fraction of sp³-hybridized carbons (Fsp3) is 0.182. The average molecular weight is 430 g/mol. The minimum absolute atomic E-state index is 0.129. The van der Waals surface area contributed by atoms with Gasteiger partial charge in [0, 0.05) is 15.5 Å². The summed E-state index contributed by atoms with van der Waals surface area (Å²) in [4.78, 5) is 13.7. The number of carbonyl (C=O) groups excluding carboxylic acids is 1. The summed E-state index contributed by atoms with van der Waals surface area (Å²) in [5.74, 6) is 0.404. The highest BCUT2D eigenvalue weighted by atomic mass is 35.5. The average Bonchev–Trinajstić information content (AvgIpc) is 3.13. The van der Waals surface area contributed by atoms with Crippen molar-refractivity contribution in [2.75, 3.05) is 13.7 Å². The van der Waals surface area contributed by atoms with Gasteiger partial charge in [-0.25, -0.2) is 0 Å². The van der Waals surface area contributed by atoms with Gasteiger partial charge in [-0.15, -0.1) is 11.3 Å². The number of esters is 1. The Morgan fingerprint density at radius 2 is 1.83 bits per heavy atom. The van der Waals surface area contributed by atoms with Gasteiger partial charge in [0.05, 0.1) is 25.0 Å². The molecule has 0 spiro atoms. The van der Waals surface area contributed by atoms with Crippen LogP contribution in [0.25, 0.3) is 10.4 Å². The Hall–Kier alpha value is -2.83. The topological polar surface area (TPSA) is 68.1 Å². The molecule has 1 aromatic heterocycles. The molecule has 0 aliphatic carbocycles. The molecule has 0 atom stereocenters. The summed E-state index contributed by atoms with van der Waals surface area (Å²) in [6.07, 6.45) is 0.129. The minimum Gasteiger partial charge on any atom is -0.497 e. The quantitative estimate of drug-likeness (QED) is 0.236. The number of carbonyl (C=O) groups is 1. The second kappa shape index (κ2) is 9.58. The van der Waals surface area contributed by atoms with Crippen molar-refractivity contribution in [3.63, 3.8) is 0 Å². The number of thiophene rings is 1. The molecule has 0 fully saturated rings. The van der Waals surface area contributed by atoms with Crippen LogP contribution >= 0.6 is 22.9 Å². The molecule has 0 unspecified atom stereocenters. The van der Waals surface area contributed by atoms with Gasteiger partial charge in [-0.3, -0.25) is 4.79 Å². The number of benzene rings is 2. The zero-order chi connectivity index (χ0) is 20.8. The van der Waals surface area contributed by atoms with Crippen molar-refractivity contribution in [3.8, 4) is 16.2 Å². The number of rotatable bonds is 7. The standard InChI is InChI=1S/C22H20ClNO4S/c1-3-28-20(25)13-16-12-19(29-22(16)15-4-8-17(23)9-5-15)21(24-26)14-6-10-18(27-2)11-7-14/h4-12,26H,3,13H2,1-2H3/b24-21+. The van der Waals surface area contributed by atoms with Crippen LogP contribution in [0.4, 0.5) is 0 Å². The molecule has 1 heterocycles. The molecule has 0 bridgehead atoms. The Labute approximate surface area is 178 Å². The molecule has 1 N–H and O–H groups in total. The maximum Gasteiger partial charge on any atom is 0.310 e. The number of ether oxygens (including phenoxy) is 2. The maximum atomic E-state index is 12.1. The van der Waals surface area contributed by atoms with E-state index in [1.165, 1.54) is 11.3 Å². The fourth-order valence-electron chi connectivity index (χ4n) is 2.89. The molecule has 2 aromatic carbocycles. The molecule has 3 rings (SSSR count). The SMILES string of the molecule is CCOC(=O)Cc1cc(/C(=N/O)c2ccc(OC)cc2)sc1-c1ccc(Cl)cc1. The maximum absolute atomic E-state index is 12.1. The number of methoxy groups -OCH3 is 1. The molecular formula is C22H20ClNO4S. The van der Waals surface area contributed by atoms with Crippen molar-refractivity contribution in [1.82, 2.24) is 0 Å². The first-order valence-electron chi connectivity index (χ1n) is 8.96. The van der Waals surface area contributed by atoms with Crippen LogP contribution in [0.15, 0.2) is 59.8 Å². The molecule has 0 amide bonds. The van der Waals surface area contributed by atoms with E-state index in [0.29, 0.717) is 23.1 Å². The number of oxime groups is 1. The molecule has 0 saturated heterocycles. The first-order valence-corrected chi connectivity index (χ1v) is 10.2. The van der Waals surface area contributed by atoms with Crippen LogP contribution in [-0.2, 0) is 16.0 Å². The minimum atomic E-state index is -0.306. The molecule has 3 aromatic rings. The Morgan fingerprint density at radius 3 is 2.41 bits per heavy atom. The molecular weight excluding hydrogens is 410 g/mol. The highest BCUT2D eigenvalue weighted by Gasteiger charge is 2.19. The van der Waals surface area contributed by atoms with Gasteiger partial charge in [-0.2, -0.15) is 0 Å². The van der Waals surface area contributed by atoms with E-state index in [0.717, 1.165) is 26.4 Å². The molecule has 150 valence electrons. The largest absolute Gasteiger partial charge is 0.497 e. The fourth-order valence-corrected chi connectivity index (χ4v) is 4.21. The molecule has 0 radical (unpaired) electrons. The molecule has 0 aliphatic rings. The van der Waals surface area contributed by atoms with E-state index in [1.54, 1.807) is 38.3 Å². The summed E-state index contributed by atoms with van der Waals surface area (Å²) in [7, 11) is 1.59. The number of halogens is 1. The molecule has 29 heavy (non-hydrogen) atoms. The van der Waals surface area contributed by atoms with Crippen LogP contribution in [0, 0.1) is 0 Å². The van der Waals surface area contributed by atoms with Gasteiger partial charge in [-0.05, 0) is 60.5 Å². The lowest BCUT2D eigenvalue weighted by Crippen LogP contribution is -2.07. The second-order valence-electron chi connectivity index (χ2n) is 6.13. The van der Waals surface area contributed by atoms with Gasteiger partial charge in [-0.1, -0.05) is 28.9 Å². The van der Waals surface area contributed by atoms with Crippen molar-refractivity contribution in [2.24, 2.45) is 5.16 Å². The van der Waals surface area contributed by atoms with Gasteiger partial charge in [0.1, 0.15) is 11.5 Å². The van der Waals surface area contributed by atoms with Crippen molar-refractivity contribution in [3.05, 3.63) is 75.6 Å². The smallest absolute Gasteiger partial charge is 0.310 e. The summed E-state index contributed by atoms with van der Waals surface area (Å²) in [6, 6.07) is 16.5. The van der Waals surface area contributed by atoms with Gasteiger partial charge >= 0.3 is 5.97 Å². The van der Waals surface area contributed by atoms with Gasteiger partial charge in [0.2, 0.25) is 0 Å². The van der Waals surface area contributed by atoms with E-state index in [1.807, 2.05) is 30.3 Å². The number of hydrogen-bond donors (Lipinski definition) is 1. The third kappa shape index (κ3) is 4.96. The zero-order valence-corrected chi connectivity index (χ0v) is 17.6. The van der Waals surface area contributed by atoms with Crippen LogP contribution in [0.1, 0.15) is 22.9 Å². The summed E-state index contributed by atoms with van der Waals surface area (Å²) < 4.78 is 10.3. The van der Waals surface area contributed by atoms with Gasteiger partial charge in [0.15, 0.2) is 0 Å². The molecule has 5 nitrogen and oxygen atoms in total. The molecule has 0 aliphatic heterocycles. The van der Waals surface area contributed by atoms with Crippen molar-refractivity contribution in [1.29, 1.82) is 0 Å².